The molecule has 2 fully saturated rings. The summed E-state index contributed by atoms with van der Waals surface area (Å²) in [6.45, 7) is 0.760. The molecule has 1 aromatic rings. The first kappa shape index (κ1) is 13.7. The zero-order chi connectivity index (χ0) is 14.0. The van der Waals surface area contributed by atoms with Gasteiger partial charge in [0.1, 0.15) is 0 Å². The zero-order valence-corrected chi connectivity index (χ0v) is 12.2. The van der Waals surface area contributed by atoms with Gasteiger partial charge in [0.15, 0.2) is 0 Å². The molecule has 1 spiro atoms. The van der Waals surface area contributed by atoms with Crippen molar-refractivity contribution in [2.24, 2.45) is 0 Å². The normalized spacial score (nSPS) is 23.9. The molecule has 1 heterocycles. The molecule has 3 rings (SSSR count). The first-order valence-electron chi connectivity index (χ1n) is 7.32. The predicted molar refractivity (Wildman–Crippen MR) is 80.0 cm³/mol. The minimum absolute atomic E-state index is 0.171. The van der Waals surface area contributed by atoms with Crippen LogP contribution in [0.2, 0.25) is 5.02 Å². The van der Waals surface area contributed by atoms with Gasteiger partial charge in [0.05, 0.1) is 34.0 Å². The first-order chi connectivity index (χ1) is 9.71. The second kappa shape index (κ2) is 5.63. The van der Waals surface area contributed by atoms with Crippen molar-refractivity contribution in [3.8, 4) is 6.07 Å². The van der Waals surface area contributed by atoms with Gasteiger partial charge in [0, 0.05) is 6.54 Å². The quantitative estimate of drug-likeness (QED) is 0.911. The highest BCUT2D eigenvalue weighted by Gasteiger charge is 2.41. The third-order valence-electron chi connectivity index (χ3n) is 4.47. The molecule has 4 heteroatoms. The van der Waals surface area contributed by atoms with E-state index in [1.807, 2.05) is 0 Å². The molecule has 20 heavy (non-hydrogen) atoms. The predicted octanol–water partition coefficient (Wildman–Crippen LogP) is 4.12. The van der Waals surface area contributed by atoms with Gasteiger partial charge in [-0.15, -0.1) is 0 Å². The maximum Gasteiger partial charge on any atom is 0.0992 e. The molecule has 0 radical (unpaired) electrons. The highest BCUT2D eigenvalue weighted by Crippen LogP contribution is 2.43. The summed E-state index contributed by atoms with van der Waals surface area (Å²) >= 11 is 6.15. The summed E-state index contributed by atoms with van der Waals surface area (Å²) in [7, 11) is 0. The van der Waals surface area contributed by atoms with Crippen molar-refractivity contribution in [1.29, 1.82) is 5.26 Å². The van der Waals surface area contributed by atoms with Gasteiger partial charge in [-0.2, -0.15) is 5.26 Å². The number of nitriles is 1. The van der Waals surface area contributed by atoms with Crippen molar-refractivity contribution < 1.29 is 4.74 Å². The fraction of sp³-hybridized carbons (Fsp3) is 0.562. The van der Waals surface area contributed by atoms with Gasteiger partial charge in [-0.1, -0.05) is 24.4 Å². The van der Waals surface area contributed by atoms with E-state index in [1.165, 1.54) is 32.1 Å². The van der Waals surface area contributed by atoms with Crippen LogP contribution >= 0.6 is 11.6 Å². The van der Waals surface area contributed by atoms with Gasteiger partial charge in [-0.25, -0.2) is 0 Å². The molecule has 1 aliphatic heterocycles. The molecule has 106 valence electrons. The van der Waals surface area contributed by atoms with Crippen LogP contribution in [0.15, 0.2) is 18.2 Å². The van der Waals surface area contributed by atoms with Crippen molar-refractivity contribution in [2.45, 2.75) is 50.2 Å². The molecule has 0 aromatic heterocycles. The molecule has 0 amide bonds. The summed E-state index contributed by atoms with van der Waals surface area (Å²) in [6, 6.07) is 7.42. The van der Waals surface area contributed by atoms with E-state index in [4.69, 9.17) is 21.6 Å². The number of nitrogens with zero attached hydrogens (tertiary/aromatic N) is 1. The summed E-state index contributed by atoms with van der Waals surface area (Å²) in [6.07, 6.45) is 7.60. The van der Waals surface area contributed by atoms with Gasteiger partial charge < -0.3 is 10.1 Å². The molecule has 1 aliphatic carbocycles. The van der Waals surface area contributed by atoms with Gasteiger partial charge in [-0.3, -0.25) is 0 Å². The Balaban J connectivity index is 1.59. The maximum atomic E-state index is 8.93. The van der Waals surface area contributed by atoms with E-state index in [2.05, 4.69) is 11.4 Å². The lowest BCUT2D eigenvalue weighted by atomic mass is 9.98. The van der Waals surface area contributed by atoms with Crippen LogP contribution in [0.25, 0.3) is 0 Å². The van der Waals surface area contributed by atoms with Crippen molar-refractivity contribution >= 4 is 17.3 Å². The fourth-order valence-electron chi connectivity index (χ4n) is 3.38. The smallest absolute Gasteiger partial charge is 0.0992 e. The van der Waals surface area contributed by atoms with Crippen LogP contribution < -0.4 is 5.32 Å². The Bertz CT molecular complexity index is 532. The van der Waals surface area contributed by atoms with Crippen molar-refractivity contribution in [3.63, 3.8) is 0 Å². The molecular weight excluding hydrogens is 272 g/mol. The maximum absolute atomic E-state index is 8.93. The van der Waals surface area contributed by atoms with Gasteiger partial charge in [-0.05, 0) is 43.9 Å². The van der Waals surface area contributed by atoms with Gasteiger partial charge >= 0.3 is 0 Å². The SMILES string of the molecule is N#Cc1ccc(Cl)c(NCC2CCC3(CCCC3)O2)c1. The van der Waals surface area contributed by atoms with E-state index in [9.17, 15) is 0 Å². The lowest BCUT2D eigenvalue weighted by molar-refractivity contribution is -0.0307. The van der Waals surface area contributed by atoms with Crippen LogP contribution in [-0.2, 0) is 4.74 Å². The van der Waals surface area contributed by atoms with Crippen LogP contribution in [0.5, 0.6) is 0 Å². The molecule has 1 aromatic carbocycles. The van der Waals surface area contributed by atoms with Crippen LogP contribution in [-0.4, -0.2) is 18.2 Å². The van der Waals surface area contributed by atoms with E-state index in [1.54, 1.807) is 18.2 Å². The van der Waals surface area contributed by atoms with Crippen molar-refractivity contribution in [3.05, 3.63) is 28.8 Å². The second-order valence-corrected chi connectivity index (χ2v) is 6.26. The average Bonchev–Trinajstić information content (AvgIpc) is 3.09. The van der Waals surface area contributed by atoms with Gasteiger partial charge in [0.2, 0.25) is 0 Å². The Labute approximate surface area is 124 Å². The summed E-state index contributed by atoms with van der Waals surface area (Å²) in [5.74, 6) is 0. The lowest BCUT2D eigenvalue weighted by Crippen LogP contribution is -2.27. The largest absolute Gasteiger partial charge is 0.381 e. The van der Waals surface area contributed by atoms with E-state index in [-0.39, 0.29) is 11.7 Å². The van der Waals surface area contributed by atoms with Crippen LogP contribution in [0, 0.1) is 11.3 Å². The topological polar surface area (TPSA) is 45.0 Å². The molecule has 1 saturated carbocycles. The van der Waals surface area contributed by atoms with Crippen molar-refractivity contribution in [2.75, 3.05) is 11.9 Å². The molecule has 1 unspecified atom stereocenters. The summed E-state index contributed by atoms with van der Waals surface area (Å²) in [5, 5.41) is 12.9. The highest BCUT2D eigenvalue weighted by atomic mass is 35.5. The standard InChI is InChI=1S/C16H19ClN2O/c17-14-4-3-12(10-18)9-15(14)19-11-13-5-8-16(20-13)6-1-2-7-16/h3-4,9,13,19H,1-2,5-8,11H2. The number of nitrogens with one attached hydrogen (secondary N) is 1. The van der Waals surface area contributed by atoms with Crippen LogP contribution in [0.4, 0.5) is 5.69 Å². The average molecular weight is 291 g/mol. The zero-order valence-electron chi connectivity index (χ0n) is 11.5. The number of hydrogen-bond acceptors (Lipinski definition) is 3. The Morgan fingerprint density at radius 3 is 2.90 bits per heavy atom. The minimum atomic E-state index is 0.171. The van der Waals surface area contributed by atoms with Gasteiger partial charge in [0.25, 0.3) is 0 Å². The second-order valence-electron chi connectivity index (χ2n) is 5.86. The Kier molecular flexibility index (Phi) is 3.87. The van der Waals surface area contributed by atoms with E-state index < -0.39 is 0 Å². The highest BCUT2D eigenvalue weighted by molar-refractivity contribution is 6.33. The number of benzene rings is 1. The Hall–Kier alpha value is -1.24. The number of rotatable bonds is 3. The van der Waals surface area contributed by atoms with Crippen LogP contribution in [0.3, 0.4) is 0 Å². The number of anilines is 1. The third-order valence-corrected chi connectivity index (χ3v) is 4.80. The van der Waals surface area contributed by atoms with Crippen LogP contribution in [0.1, 0.15) is 44.1 Å². The molecule has 1 atom stereocenters. The van der Waals surface area contributed by atoms with E-state index in [0.29, 0.717) is 10.6 Å². The number of ether oxygens (including phenoxy) is 1. The molecular formula is C16H19ClN2O. The van der Waals surface area contributed by atoms with E-state index in [0.717, 1.165) is 18.7 Å². The monoisotopic (exact) mass is 290 g/mol. The molecule has 1 saturated heterocycles. The first-order valence-corrected chi connectivity index (χ1v) is 7.70. The van der Waals surface area contributed by atoms with Crippen molar-refractivity contribution in [1.82, 2.24) is 0 Å². The molecule has 1 N–H and O–H groups in total. The number of halogens is 1. The minimum Gasteiger partial charge on any atom is -0.381 e. The molecule has 2 aliphatic rings. The molecule has 3 nitrogen and oxygen atoms in total. The van der Waals surface area contributed by atoms with E-state index >= 15 is 0 Å². The fourth-order valence-corrected chi connectivity index (χ4v) is 3.56. The third kappa shape index (κ3) is 2.77. The Morgan fingerprint density at radius 1 is 1.35 bits per heavy atom. The number of hydrogen-bond donors (Lipinski definition) is 1. The Morgan fingerprint density at radius 2 is 2.15 bits per heavy atom. The lowest BCUT2D eigenvalue weighted by Gasteiger charge is -2.24. The molecule has 0 bridgehead atoms. The summed E-state index contributed by atoms with van der Waals surface area (Å²) in [4.78, 5) is 0. The summed E-state index contributed by atoms with van der Waals surface area (Å²) in [5.41, 5.74) is 1.61. The summed E-state index contributed by atoms with van der Waals surface area (Å²) < 4.78 is 6.26.